The number of methoxy groups -OCH3 is 1. The lowest BCUT2D eigenvalue weighted by atomic mass is 10.1. The molecule has 0 aliphatic carbocycles. The van der Waals surface area contributed by atoms with E-state index in [1.807, 2.05) is 6.92 Å². The van der Waals surface area contributed by atoms with Gasteiger partial charge in [-0.2, -0.15) is 0 Å². The molecule has 16 heavy (non-hydrogen) atoms. The number of hydrogen-bond acceptors (Lipinski definition) is 4. The number of esters is 1. The predicted octanol–water partition coefficient (Wildman–Crippen LogP) is 0.434. The zero-order valence-electron chi connectivity index (χ0n) is 9.90. The average molecular weight is 229 g/mol. The maximum absolute atomic E-state index is 11.5. The lowest BCUT2D eigenvalue weighted by Crippen LogP contribution is -2.30. The smallest absolute Gasteiger partial charge is 0.311 e. The topological polar surface area (TPSA) is 55.8 Å². The molecule has 1 rings (SSSR count). The Morgan fingerprint density at radius 3 is 2.88 bits per heavy atom. The van der Waals surface area contributed by atoms with Crippen LogP contribution in [0.5, 0.6) is 0 Å². The van der Waals surface area contributed by atoms with E-state index < -0.39 is 0 Å². The molecule has 0 aromatic heterocycles. The second kappa shape index (κ2) is 6.48. The van der Waals surface area contributed by atoms with Crippen molar-refractivity contribution in [2.24, 2.45) is 5.92 Å². The highest BCUT2D eigenvalue weighted by Crippen LogP contribution is 2.18. The van der Waals surface area contributed by atoms with Crippen LogP contribution in [0.15, 0.2) is 0 Å². The summed E-state index contributed by atoms with van der Waals surface area (Å²) >= 11 is 0. The summed E-state index contributed by atoms with van der Waals surface area (Å²) in [5.41, 5.74) is 0. The van der Waals surface area contributed by atoms with Gasteiger partial charge in [0, 0.05) is 26.6 Å². The van der Waals surface area contributed by atoms with Crippen molar-refractivity contribution in [3.05, 3.63) is 0 Å². The maximum Gasteiger partial charge on any atom is 0.311 e. The molecular weight excluding hydrogens is 210 g/mol. The van der Waals surface area contributed by atoms with E-state index in [0.29, 0.717) is 26.3 Å². The first kappa shape index (κ1) is 13.0. The summed E-state index contributed by atoms with van der Waals surface area (Å²) in [7, 11) is 1.59. The molecule has 1 aliphatic heterocycles. The highest BCUT2D eigenvalue weighted by Gasteiger charge is 2.34. The molecule has 1 heterocycles. The monoisotopic (exact) mass is 229 g/mol. The summed E-state index contributed by atoms with van der Waals surface area (Å²) in [4.78, 5) is 24.7. The molecule has 5 nitrogen and oxygen atoms in total. The Kier molecular flexibility index (Phi) is 5.25. The molecule has 5 heteroatoms. The molecule has 0 aromatic carbocycles. The van der Waals surface area contributed by atoms with E-state index in [1.54, 1.807) is 12.0 Å². The Morgan fingerprint density at radius 2 is 2.25 bits per heavy atom. The van der Waals surface area contributed by atoms with E-state index in [-0.39, 0.29) is 24.2 Å². The number of hydrogen-bond donors (Lipinski definition) is 0. The zero-order valence-corrected chi connectivity index (χ0v) is 9.90. The molecule has 0 bridgehead atoms. The van der Waals surface area contributed by atoms with Crippen LogP contribution in [0.25, 0.3) is 0 Å². The van der Waals surface area contributed by atoms with E-state index in [9.17, 15) is 9.59 Å². The molecule has 0 aromatic rings. The number of ether oxygens (including phenoxy) is 2. The Labute approximate surface area is 95.7 Å². The Morgan fingerprint density at radius 1 is 1.50 bits per heavy atom. The van der Waals surface area contributed by atoms with Crippen LogP contribution in [0.3, 0.4) is 0 Å². The van der Waals surface area contributed by atoms with Crippen molar-refractivity contribution in [1.82, 2.24) is 4.90 Å². The summed E-state index contributed by atoms with van der Waals surface area (Å²) in [5, 5.41) is 0. The first-order valence-corrected chi connectivity index (χ1v) is 5.62. The molecule has 1 atom stereocenters. The highest BCUT2D eigenvalue weighted by atomic mass is 16.5. The third-order valence-corrected chi connectivity index (χ3v) is 2.56. The molecule has 1 aliphatic rings. The summed E-state index contributed by atoms with van der Waals surface area (Å²) < 4.78 is 9.93. The van der Waals surface area contributed by atoms with Gasteiger partial charge < -0.3 is 14.4 Å². The van der Waals surface area contributed by atoms with Gasteiger partial charge in [0.15, 0.2) is 0 Å². The Balaban J connectivity index is 2.36. The lowest BCUT2D eigenvalue weighted by molar-refractivity contribution is -0.148. The molecule has 0 spiro atoms. The van der Waals surface area contributed by atoms with Crippen LogP contribution in [0.4, 0.5) is 0 Å². The Hall–Kier alpha value is -1.10. The molecular formula is C11H19NO4. The minimum absolute atomic E-state index is 0.00972. The quantitative estimate of drug-likeness (QED) is 0.620. The summed E-state index contributed by atoms with van der Waals surface area (Å²) in [6.07, 6.45) is 1.08. The number of likely N-dealkylation sites (tertiary alicyclic amines) is 1. The van der Waals surface area contributed by atoms with E-state index in [0.717, 1.165) is 6.42 Å². The minimum atomic E-state index is -0.295. The second-order valence-electron chi connectivity index (χ2n) is 3.90. The van der Waals surface area contributed by atoms with Crippen LogP contribution < -0.4 is 0 Å². The fourth-order valence-electron chi connectivity index (χ4n) is 1.67. The van der Waals surface area contributed by atoms with Gasteiger partial charge in [-0.1, -0.05) is 6.92 Å². The van der Waals surface area contributed by atoms with Gasteiger partial charge in [-0.05, 0) is 6.42 Å². The standard InChI is InChI=1S/C11H19NO4/c1-3-5-16-11(14)9-7-10(13)12(8-9)4-6-15-2/h9H,3-8H2,1-2H3. The number of carbonyl (C=O) groups excluding carboxylic acids is 2. The molecule has 0 saturated carbocycles. The van der Waals surface area contributed by atoms with Crippen LogP contribution >= 0.6 is 0 Å². The van der Waals surface area contributed by atoms with Crippen molar-refractivity contribution < 1.29 is 19.1 Å². The van der Waals surface area contributed by atoms with Gasteiger partial charge in [0.2, 0.25) is 5.91 Å². The third-order valence-electron chi connectivity index (χ3n) is 2.56. The van der Waals surface area contributed by atoms with E-state index in [2.05, 4.69) is 0 Å². The minimum Gasteiger partial charge on any atom is -0.465 e. The van der Waals surface area contributed by atoms with Crippen LogP contribution in [0.2, 0.25) is 0 Å². The lowest BCUT2D eigenvalue weighted by Gasteiger charge is -2.15. The molecule has 0 radical (unpaired) electrons. The van der Waals surface area contributed by atoms with Gasteiger partial charge in [-0.25, -0.2) is 0 Å². The second-order valence-corrected chi connectivity index (χ2v) is 3.90. The number of carbonyl (C=O) groups is 2. The predicted molar refractivity (Wildman–Crippen MR) is 57.8 cm³/mol. The van der Waals surface area contributed by atoms with Gasteiger partial charge in [0.1, 0.15) is 0 Å². The van der Waals surface area contributed by atoms with Gasteiger partial charge in [-0.15, -0.1) is 0 Å². The van der Waals surface area contributed by atoms with Gasteiger partial charge in [0.05, 0.1) is 19.1 Å². The summed E-state index contributed by atoms with van der Waals surface area (Å²) in [6.45, 7) is 3.89. The van der Waals surface area contributed by atoms with Crippen molar-refractivity contribution in [2.45, 2.75) is 19.8 Å². The van der Waals surface area contributed by atoms with Crippen molar-refractivity contribution in [2.75, 3.05) is 33.4 Å². The van der Waals surface area contributed by atoms with E-state index in [1.165, 1.54) is 0 Å². The van der Waals surface area contributed by atoms with Crippen LogP contribution in [-0.4, -0.2) is 50.2 Å². The van der Waals surface area contributed by atoms with Crippen LogP contribution in [0, 0.1) is 5.92 Å². The molecule has 92 valence electrons. The largest absolute Gasteiger partial charge is 0.465 e. The molecule has 1 unspecified atom stereocenters. The third kappa shape index (κ3) is 3.48. The number of amides is 1. The number of nitrogens with zero attached hydrogens (tertiary/aromatic N) is 1. The van der Waals surface area contributed by atoms with Gasteiger partial charge in [0.25, 0.3) is 0 Å². The summed E-state index contributed by atoms with van der Waals surface area (Å²) in [5.74, 6) is -0.540. The maximum atomic E-state index is 11.5. The van der Waals surface area contributed by atoms with Crippen molar-refractivity contribution >= 4 is 11.9 Å². The molecule has 0 N–H and O–H groups in total. The number of rotatable bonds is 6. The SMILES string of the molecule is CCCOC(=O)C1CC(=O)N(CCOC)C1. The molecule has 1 fully saturated rings. The van der Waals surface area contributed by atoms with Crippen LogP contribution in [0.1, 0.15) is 19.8 Å². The zero-order chi connectivity index (χ0) is 12.0. The first-order chi connectivity index (χ1) is 7.69. The normalized spacial score (nSPS) is 20.2. The van der Waals surface area contributed by atoms with E-state index >= 15 is 0 Å². The van der Waals surface area contributed by atoms with Crippen molar-refractivity contribution in [3.63, 3.8) is 0 Å². The molecule has 1 amide bonds. The first-order valence-electron chi connectivity index (χ1n) is 5.62. The van der Waals surface area contributed by atoms with Crippen molar-refractivity contribution in [1.29, 1.82) is 0 Å². The fraction of sp³-hybridized carbons (Fsp3) is 0.818. The highest BCUT2D eigenvalue weighted by molar-refractivity contribution is 5.86. The van der Waals surface area contributed by atoms with E-state index in [4.69, 9.17) is 9.47 Å². The van der Waals surface area contributed by atoms with Gasteiger partial charge in [-0.3, -0.25) is 9.59 Å². The summed E-state index contributed by atoms with van der Waals surface area (Å²) in [6, 6.07) is 0. The fourth-order valence-corrected chi connectivity index (χ4v) is 1.67. The van der Waals surface area contributed by atoms with Gasteiger partial charge >= 0.3 is 5.97 Å². The van der Waals surface area contributed by atoms with Crippen LogP contribution in [-0.2, 0) is 19.1 Å². The Bertz CT molecular complexity index is 254. The van der Waals surface area contributed by atoms with Crippen molar-refractivity contribution in [3.8, 4) is 0 Å². The average Bonchev–Trinajstić information content (AvgIpc) is 2.65. The molecule has 1 saturated heterocycles.